The first kappa shape index (κ1) is 22.2. The molecule has 2 aromatic rings. The number of aromatic nitrogens is 2. The first-order chi connectivity index (χ1) is 14.8. The number of aliphatic imine (C=N–C) groups is 1. The largest absolute Gasteiger partial charge is 0.462 e. The van der Waals surface area contributed by atoms with Crippen LogP contribution in [0.25, 0.3) is 0 Å². The summed E-state index contributed by atoms with van der Waals surface area (Å²) in [6.07, 6.45) is 1.41. The van der Waals surface area contributed by atoms with Gasteiger partial charge in [-0.15, -0.1) is 0 Å². The summed E-state index contributed by atoms with van der Waals surface area (Å²) in [5.74, 6) is -0.592. The number of carbonyl (C=O) groups is 3. The highest BCUT2D eigenvalue weighted by Crippen LogP contribution is 2.28. The highest BCUT2D eigenvalue weighted by Gasteiger charge is 2.43. The maximum Gasteiger partial charge on any atom is 0.343 e. The number of aryl methyl sites for hydroxylation is 1. The molecule has 2 amide bonds. The van der Waals surface area contributed by atoms with Crippen LogP contribution in [0.3, 0.4) is 0 Å². The van der Waals surface area contributed by atoms with Crippen molar-refractivity contribution in [3.63, 3.8) is 0 Å². The van der Waals surface area contributed by atoms with E-state index < -0.39 is 12.0 Å². The predicted octanol–water partition coefficient (Wildman–Crippen LogP) is 2.75. The topological polar surface area (TPSA) is 106 Å². The summed E-state index contributed by atoms with van der Waals surface area (Å²) in [5.41, 5.74) is 1.00. The molecule has 0 spiro atoms. The smallest absolute Gasteiger partial charge is 0.343 e. The summed E-state index contributed by atoms with van der Waals surface area (Å²) < 4.78 is 6.61. The van der Waals surface area contributed by atoms with Crippen molar-refractivity contribution in [1.29, 1.82) is 0 Å². The first-order valence-electron chi connectivity index (χ1n) is 10.3. The van der Waals surface area contributed by atoms with Crippen molar-refractivity contribution in [2.45, 2.75) is 33.7 Å². The van der Waals surface area contributed by atoms with E-state index in [1.165, 1.54) is 15.8 Å². The van der Waals surface area contributed by atoms with E-state index in [0.29, 0.717) is 29.3 Å². The number of esters is 1. The number of hydrogen-bond acceptors (Lipinski definition) is 6. The van der Waals surface area contributed by atoms with Crippen molar-refractivity contribution in [1.82, 2.24) is 14.7 Å². The second kappa shape index (κ2) is 9.11. The van der Waals surface area contributed by atoms with E-state index >= 15 is 0 Å². The Labute approximate surface area is 181 Å². The molecule has 3 rings (SSSR count). The molecule has 1 aliphatic rings. The van der Waals surface area contributed by atoms with Crippen LogP contribution in [0.5, 0.6) is 0 Å². The van der Waals surface area contributed by atoms with E-state index in [4.69, 9.17) is 4.74 Å². The lowest BCUT2D eigenvalue weighted by molar-refractivity contribution is 0.0525. The number of hydrogen-bond donors (Lipinski definition) is 1. The highest BCUT2D eigenvalue weighted by molar-refractivity contribution is 6.23. The van der Waals surface area contributed by atoms with Crippen molar-refractivity contribution in [3.8, 4) is 0 Å². The van der Waals surface area contributed by atoms with Crippen LogP contribution in [0, 0.1) is 5.92 Å². The number of imide groups is 1. The monoisotopic (exact) mass is 425 g/mol. The molecule has 0 saturated heterocycles. The van der Waals surface area contributed by atoms with Crippen LogP contribution in [-0.2, 0) is 11.8 Å². The van der Waals surface area contributed by atoms with Gasteiger partial charge in [-0.2, -0.15) is 5.10 Å². The molecule has 1 unspecified atom stereocenters. The molecule has 0 bridgehead atoms. The summed E-state index contributed by atoms with van der Waals surface area (Å²) in [6, 6.07) is 6.11. The molecule has 164 valence electrons. The van der Waals surface area contributed by atoms with Gasteiger partial charge in [0.25, 0.3) is 11.8 Å². The zero-order valence-electron chi connectivity index (χ0n) is 18.4. The summed E-state index contributed by atoms with van der Waals surface area (Å²) >= 11 is 0. The quantitative estimate of drug-likeness (QED) is 0.316. The van der Waals surface area contributed by atoms with E-state index in [-0.39, 0.29) is 29.9 Å². The molecular formula is C22H27N5O4. The zero-order chi connectivity index (χ0) is 22.7. The summed E-state index contributed by atoms with van der Waals surface area (Å²) in [7, 11) is 1.68. The third-order valence-corrected chi connectivity index (χ3v) is 5.02. The minimum absolute atomic E-state index is 0.140. The van der Waals surface area contributed by atoms with Gasteiger partial charge in [-0.05, 0) is 31.9 Å². The molecule has 1 aliphatic heterocycles. The van der Waals surface area contributed by atoms with Crippen LogP contribution in [0.4, 0.5) is 5.82 Å². The Hall–Kier alpha value is -3.49. The molecule has 1 aromatic heterocycles. The van der Waals surface area contributed by atoms with Gasteiger partial charge in [-0.1, -0.05) is 26.0 Å². The third kappa shape index (κ3) is 4.08. The molecule has 9 nitrogen and oxygen atoms in total. The number of rotatable bonds is 7. The molecule has 1 aromatic carbocycles. The van der Waals surface area contributed by atoms with Crippen LogP contribution in [0.15, 0.2) is 35.5 Å². The number of carbonyl (C=O) groups excluding carboxylic acids is 3. The average Bonchev–Trinajstić information content (AvgIpc) is 3.21. The van der Waals surface area contributed by atoms with Crippen molar-refractivity contribution in [2.24, 2.45) is 18.0 Å². The highest BCUT2D eigenvalue weighted by atomic mass is 16.5. The van der Waals surface area contributed by atoms with Crippen molar-refractivity contribution in [2.75, 3.05) is 18.5 Å². The van der Waals surface area contributed by atoms with Crippen LogP contribution in [-0.4, -0.2) is 57.5 Å². The Balaban J connectivity index is 2.02. The first-order valence-corrected chi connectivity index (χ1v) is 10.3. The lowest BCUT2D eigenvalue weighted by Crippen LogP contribution is -2.50. The SMILES string of the molecule is CCN=C(Nc1c(C(=O)OCC)cnn1C)C(C(C)C)N1C(=O)c2ccccc2C1=O. The molecule has 0 saturated carbocycles. The number of anilines is 1. The van der Waals surface area contributed by atoms with Gasteiger partial charge in [-0.3, -0.25) is 24.2 Å². The fraction of sp³-hybridized carbons (Fsp3) is 0.409. The third-order valence-electron chi connectivity index (χ3n) is 5.02. The molecule has 0 fully saturated rings. The molecule has 0 aliphatic carbocycles. The van der Waals surface area contributed by atoms with E-state index in [9.17, 15) is 14.4 Å². The Morgan fingerprint density at radius 1 is 1.16 bits per heavy atom. The van der Waals surface area contributed by atoms with E-state index in [1.807, 2.05) is 20.8 Å². The van der Waals surface area contributed by atoms with E-state index in [1.54, 1.807) is 38.2 Å². The Bertz CT molecular complexity index is 1010. The number of nitrogens with one attached hydrogen (secondary N) is 1. The van der Waals surface area contributed by atoms with Gasteiger partial charge in [0, 0.05) is 13.6 Å². The van der Waals surface area contributed by atoms with Crippen molar-refractivity contribution in [3.05, 3.63) is 47.2 Å². The number of amides is 2. The van der Waals surface area contributed by atoms with Gasteiger partial charge < -0.3 is 10.1 Å². The number of ether oxygens (including phenoxy) is 1. The Morgan fingerprint density at radius 3 is 2.29 bits per heavy atom. The molecular weight excluding hydrogens is 398 g/mol. The summed E-state index contributed by atoms with van der Waals surface area (Å²) in [6.45, 7) is 8.06. The average molecular weight is 425 g/mol. The number of benzene rings is 1. The van der Waals surface area contributed by atoms with Crippen LogP contribution in [0.2, 0.25) is 0 Å². The number of fused-ring (bicyclic) bond motifs is 1. The molecule has 9 heteroatoms. The van der Waals surface area contributed by atoms with Crippen LogP contribution in [0.1, 0.15) is 58.8 Å². The Morgan fingerprint density at radius 2 is 1.77 bits per heavy atom. The van der Waals surface area contributed by atoms with E-state index in [0.717, 1.165) is 0 Å². The normalized spacial score (nSPS) is 14.8. The maximum atomic E-state index is 13.1. The molecule has 0 radical (unpaired) electrons. The lowest BCUT2D eigenvalue weighted by atomic mass is 10.0. The van der Waals surface area contributed by atoms with Gasteiger partial charge >= 0.3 is 5.97 Å². The molecule has 2 heterocycles. The second-order valence-electron chi connectivity index (χ2n) is 7.45. The molecule has 31 heavy (non-hydrogen) atoms. The minimum atomic E-state index is -0.655. The van der Waals surface area contributed by atoms with Crippen molar-refractivity contribution >= 4 is 29.4 Å². The van der Waals surface area contributed by atoms with Gasteiger partial charge in [0.2, 0.25) is 0 Å². The number of nitrogens with zero attached hydrogens (tertiary/aromatic N) is 4. The predicted molar refractivity (Wildman–Crippen MR) is 116 cm³/mol. The van der Waals surface area contributed by atoms with Crippen LogP contribution < -0.4 is 5.32 Å². The molecule has 1 N–H and O–H groups in total. The van der Waals surface area contributed by atoms with Gasteiger partial charge in [0.15, 0.2) is 0 Å². The second-order valence-corrected chi connectivity index (χ2v) is 7.45. The zero-order valence-corrected chi connectivity index (χ0v) is 18.4. The fourth-order valence-corrected chi connectivity index (χ4v) is 3.64. The number of amidine groups is 1. The van der Waals surface area contributed by atoms with Gasteiger partial charge in [0.05, 0.1) is 23.9 Å². The van der Waals surface area contributed by atoms with Gasteiger partial charge in [-0.25, -0.2) is 4.79 Å². The summed E-state index contributed by atoms with van der Waals surface area (Å²) in [5, 5.41) is 7.31. The van der Waals surface area contributed by atoms with Crippen LogP contribution >= 0.6 is 0 Å². The maximum absolute atomic E-state index is 13.1. The van der Waals surface area contributed by atoms with E-state index in [2.05, 4.69) is 15.4 Å². The van der Waals surface area contributed by atoms with Crippen molar-refractivity contribution < 1.29 is 19.1 Å². The van der Waals surface area contributed by atoms with Gasteiger partial charge in [0.1, 0.15) is 23.3 Å². The standard InChI is InChI=1S/C22H27N5O4/c1-6-23-18(25-19-16(12-24-26(19)5)22(30)31-7-2)17(13(3)4)27-20(28)14-10-8-9-11-15(14)21(27)29/h8-13,17H,6-7H2,1-5H3,(H,23,25). The Kier molecular flexibility index (Phi) is 6.53. The molecule has 1 atom stereocenters. The lowest BCUT2D eigenvalue weighted by Gasteiger charge is -2.31. The fourth-order valence-electron chi connectivity index (χ4n) is 3.64. The summed E-state index contributed by atoms with van der Waals surface area (Å²) in [4.78, 5) is 44.4. The minimum Gasteiger partial charge on any atom is -0.462 e.